The van der Waals surface area contributed by atoms with Gasteiger partial charge in [-0.2, -0.15) is 5.26 Å². The van der Waals surface area contributed by atoms with E-state index < -0.39 is 0 Å². The van der Waals surface area contributed by atoms with Crippen LogP contribution in [0.4, 0.5) is 5.69 Å². The average Bonchev–Trinajstić information content (AvgIpc) is 2.96. The second-order valence-corrected chi connectivity index (χ2v) is 5.73. The number of carbonyl (C=O) groups is 1. The number of rotatable bonds is 3. The van der Waals surface area contributed by atoms with E-state index in [1.54, 1.807) is 18.0 Å². The largest absolute Gasteiger partial charge is 0.316 e. The summed E-state index contributed by atoms with van der Waals surface area (Å²) in [5, 5.41) is 12.5. The summed E-state index contributed by atoms with van der Waals surface area (Å²) >= 11 is 0. The monoisotopic (exact) mass is 271 g/mol. The van der Waals surface area contributed by atoms with Gasteiger partial charge in [-0.1, -0.05) is 26.0 Å². The van der Waals surface area contributed by atoms with Gasteiger partial charge in [-0.15, -0.1) is 0 Å². The Balaban J connectivity index is 2.35. The van der Waals surface area contributed by atoms with E-state index in [2.05, 4.69) is 25.2 Å². The summed E-state index contributed by atoms with van der Waals surface area (Å²) < 4.78 is 0. The molecule has 4 heteroatoms. The molecule has 4 nitrogen and oxygen atoms in total. The highest BCUT2D eigenvalue weighted by atomic mass is 16.2. The van der Waals surface area contributed by atoms with Gasteiger partial charge in [0.2, 0.25) is 5.91 Å². The number of nitrogens with zero attached hydrogens (tertiary/aromatic N) is 2. The third kappa shape index (κ3) is 2.30. The smallest absolute Gasteiger partial charge is 0.234 e. The van der Waals surface area contributed by atoms with E-state index in [-0.39, 0.29) is 17.2 Å². The number of hydrogen-bond donors (Lipinski definition) is 1. The molecule has 1 atom stereocenters. The van der Waals surface area contributed by atoms with Crippen LogP contribution in [0.25, 0.3) is 0 Å². The quantitative estimate of drug-likeness (QED) is 0.916. The van der Waals surface area contributed by atoms with Gasteiger partial charge < -0.3 is 10.2 Å². The van der Waals surface area contributed by atoms with Crippen molar-refractivity contribution in [3.8, 4) is 6.07 Å². The Labute approximate surface area is 120 Å². The minimum atomic E-state index is -0.364. The summed E-state index contributed by atoms with van der Waals surface area (Å²) in [5.41, 5.74) is 0.859. The molecule has 1 N–H and O–H groups in total. The summed E-state index contributed by atoms with van der Waals surface area (Å²) in [5.74, 6) is 0.363. The maximum absolute atomic E-state index is 13.0. The Kier molecular flexibility index (Phi) is 4.10. The number of carbonyl (C=O) groups excluding carboxylic acids is 1. The number of hydrogen-bond acceptors (Lipinski definition) is 3. The molecule has 0 aliphatic carbocycles. The Hall–Kier alpha value is -1.86. The van der Waals surface area contributed by atoms with Crippen molar-refractivity contribution >= 4 is 11.6 Å². The van der Waals surface area contributed by atoms with Crippen molar-refractivity contribution in [3.05, 3.63) is 29.8 Å². The molecule has 0 radical (unpaired) electrons. The van der Waals surface area contributed by atoms with Crippen molar-refractivity contribution in [2.24, 2.45) is 11.3 Å². The standard InChI is InChI=1S/C16H21N3O/c1-12(2)16(8-9-18-11-16)15(20)19(3)14-7-5-4-6-13(14)10-17/h4-7,12,18H,8-9,11H2,1-3H3. The van der Waals surface area contributed by atoms with E-state index in [0.29, 0.717) is 17.8 Å². The molecule has 1 aliphatic rings. The number of amides is 1. The summed E-state index contributed by atoms with van der Waals surface area (Å²) in [7, 11) is 1.76. The second kappa shape index (κ2) is 5.64. The van der Waals surface area contributed by atoms with Gasteiger partial charge in [-0.3, -0.25) is 4.79 Å². The van der Waals surface area contributed by atoms with Crippen LogP contribution in [0.3, 0.4) is 0 Å². The molecule has 1 heterocycles. The van der Waals surface area contributed by atoms with Crippen LogP contribution in [-0.2, 0) is 4.79 Å². The average molecular weight is 271 g/mol. The van der Waals surface area contributed by atoms with E-state index in [4.69, 9.17) is 0 Å². The first-order valence-corrected chi connectivity index (χ1v) is 7.01. The molecular formula is C16H21N3O. The fraction of sp³-hybridized carbons (Fsp3) is 0.500. The summed E-state index contributed by atoms with van der Waals surface area (Å²) in [4.78, 5) is 14.6. The van der Waals surface area contributed by atoms with Gasteiger partial charge in [0.05, 0.1) is 16.7 Å². The predicted molar refractivity (Wildman–Crippen MR) is 79.3 cm³/mol. The Morgan fingerprint density at radius 3 is 2.70 bits per heavy atom. The maximum Gasteiger partial charge on any atom is 0.234 e. The van der Waals surface area contributed by atoms with Crippen LogP contribution in [0, 0.1) is 22.7 Å². The lowest BCUT2D eigenvalue weighted by molar-refractivity contribution is -0.129. The molecular weight excluding hydrogens is 250 g/mol. The lowest BCUT2D eigenvalue weighted by Gasteiger charge is -2.35. The lowest BCUT2D eigenvalue weighted by atomic mass is 9.75. The van der Waals surface area contributed by atoms with Gasteiger partial charge in [0.1, 0.15) is 6.07 Å². The Morgan fingerprint density at radius 1 is 1.45 bits per heavy atom. The molecule has 20 heavy (non-hydrogen) atoms. The zero-order valence-corrected chi connectivity index (χ0v) is 12.3. The molecule has 0 saturated carbocycles. The minimum Gasteiger partial charge on any atom is -0.316 e. The summed E-state index contributed by atoms with van der Waals surface area (Å²) in [6.07, 6.45) is 0.850. The highest BCUT2D eigenvalue weighted by molar-refractivity contribution is 5.98. The van der Waals surface area contributed by atoms with Crippen molar-refractivity contribution in [1.29, 1.82) is 5.26 Å². The van der Waals surface area contributed by atoms with Crippen LogP contribution in [-0.4, -0.2) is 26.0 Å². The molecule has 106 valence electrons. The topological polar surface area (TPSA) is 56.1 Å². The fourth-order valence-corrected chi connectivity index (χ4v) is 2.94. The number of nitriles is 1. The Morgan fingerprint density at radius 2 is 2.15 bits per heavy atom. The highest BCUT2D eigenvalue weighted by Crippen LogP contribution is 2.37. The third-order valence-electron chi connectivity index (χ3n) is 4.41. The molecule has 1 aromatic carbocycles. The maximum atomic E-state index is 13.0. The summed E-state index contributed by atoms with van der Waals surface area (Å²) in [6.45, 7) is 5.77. The minimum absolute atomic E-state index is 0.0974. The van der Waals surface area contributed by atoms with Gasteiger partial charge >= 0.3 is 0 Å². The van der Waals surface area contributed by atoms with Crippen LogP contribution < -0.4 is 10.2 Å². The third-order valence-corrected chi connectivity index (χ3v) is 4.41. The lowest BCUT2D eigenvalue weighted by Crippen LogP contribution is -2.47. The van der Waals surface area contributed by atoms with Gasteiger partial charge in [0.15, 0.2) is 0 Å². The van der Waals surface area contributed by atoms with Crippen LogP contribution in [0.5, 0.6) is 0 Å². The molecule has 1 fully saturated rings. The first-order valence-electron chi connectivity index (χ1n) is 7.01. The number of para-hydroxylation sites is 1. The number of nitrogens with one attached hydrogen (secondary N) is 1. The second-order valence-electron chi connectivity index (χ2n) is 5.73. The SMILES string of the molecule is CC(C)C1(C(=O)N(C)c2ccccc2C#N)CCNC1. The Bertz CT molecular complexity index is 539. The molecule has 0 bridgehead atoms. The van der Waals surface area contributed by atoms with Crippen LogP contribution in [0.1, 0.15) is 25.8 Å². The van der Waals surface area contributed by atoms with E-state index in [9.17, 15) is 10.1 Å². The number of anilines is 1. The summed E-state index contributed by atoms with van der Waals surface area (Å²) in [6, 6.07) is 9.40. The van der Waals surface area contributed by atoms with Crippen molar-refractivity contribution in [1.82, 2.24) is 5.32 Å². The van der Waals surface area contributed by atoms with Crippen LogP contribution in [0.15, 0.2) is 24.3 Å². The molecule has 1 aromatic rings. The molecule has 0 spiro atoms. The van der Waals surface area contributed by atoms with E-state index in [0.717, 1.165) is 13.0 Å². The van der Waals surface area contributed by atoms with E-state index in [1.165, 1.54) is 0 Å². The predicted octanol–water partition coefficient (Wildman–Crippen LogP) is 2.16. The molecule has 2 rings (SSSR count). The fourth-order valence-electron chi connectivity index (χ4n) is 2.94. The van der Waals surface area contributed by atoms with Gasteiger partial charge in [0.25, 0.3) is 0 Å². The zero-order valence-electron chi connectivity index (χ0n) is 12.3. The highest BCUT2D eigenvalue weighted by Gasteiger charge is 2.45. The molecule has 1 unspecified atom stereocenters. The zero-order chi connectivity index (χ0) is 14.8. The van der Waals surface area contributed by atoms with Crippen molar-refractivity contribution in [2.75, 3.05) is 25.0 Å². The van der Waals surface area contributed by atoms with E-state index in [1.807, 2.05) is 18.2 Å². The van der Waals surface area contributed by atoms with Crippen LogP contribution in [0.2, 0.25) is 0 Å². The first kappa shape index (κ1) is 14.5. The molecule has 1 aliphatic heterocycles. The molecule has 1 amide bonds. The molecule has 0 aromatic heterocycles. The van der Waals surface area contributed by atoms with Crippen molar-refractivity contribution in [2.45, 2.75) is 20.3 Å². The number of benzene rings is 1. The van der Waals surface area contributed by atoms with Gasteiger partial charge in [0, 0.05) is 13.6 Å². The van der Waals surface area contributed by atoms with Crippen LogP contribution >= 0.6 is 0 Å². The van der Waals surface area contributed by atoms with Gasteiger partial charge in [-0.25, -0.2) is 0 Å². The van der Waals surface area contributed by atoms with Crippen molar-refractivity contribution < 1.29 is 4.79 Å². The molecule has 1 saturated heterocycles. The normalized spacial score (nSPS) is 21.8. The first-order chi connectivity index (χ1) is 9.53. The van der Waals surface area contributed by atoms with Gasteiger partial charge in [-0.05, 0) is 31.0 Å². The van der Waals surface area contributed by atoms with E-state index >= 15 is 0 Å². The van der Waals surface area contributed by atoms with Crippen molar-refractivity contribution in [3.63, 3.8) is 0 Å².